The number of ketones is 2. The molecule has 28 heavy (non-hydrogen) atoms. The van der Waals surface area contributed by atoms with Gasteiger partial charge in [-0.2, -0.15) is 0 Å². The molecule has 1 amide bonds. The topological polar surface area (TPSA) is 89.3 Å². The van der Waals surface area contributed by atoms with Gasteiger partial charge in [0.2, 0.25) is 0 Å². The number of hydrogen-bond donors (Lipinski definition) is 2. The van der Waals surface area contributed by atoms with Crippen molar-refractivity contribution in [1.82, 2.24) is 0 Å². The van der Waals surface area contributed by atoms with E-state index in [0.29, 0.717) is 5.02 Å². The number of carbonyl (C=O) groups excluding carboxylic acids is 3. The van der Waals surface area contributed by atoms with Crippen LogP contribution in [-0.2, 0) is 0 Å². The summed E-state index contributed by atoms with van der Waals surface area (Å²) in [5.74, 6) is -1.26. The SMILES string of the molecule is Nc1cccc2c1C(=O)c1cccc(NC(=O)c3ccc(Cl)cc3Cl)c1C2=O. The molecule has 138 valence electrons. The Bertz CT molecular complexity index is 1190. The second kappa shape index (κ2) is 6.78. The fourth-order valence-electron chi connectivity index (χ4n) is 3.24. The largest absolute Gasteiger partial charge is 0.398 e. The molecule has 0 saturated carbocycles. The number of nitrogens with one attached hydrogen (secondary N) is 1. The van der Waals surface area contributed by atoms with Crippen LogP contribution in [0, 0.1) is 0 Å². The van der Waals surface area contributed by atoms with Gasteiger partial charge < -0.3 is 11.1 Å². The Morgan fingerprint density at radius 2 is 1.50 bits per heavy atom. The molecule has 3 aromatic carbocycles. The van der Waals surface area contributed by atoms with Crippen molar-refractivity contribution in [3.63, 3.8) is 0 Å². The number of benzene rings is 3. The number of nitrogens with two attached hydrogens (primary N) is 1. The summed E-state index contributed by atoms with van der Waals surface area (Å²) in [6.07, 6.45) is 0. The zero-order valence-electron chi connectivity index (χ0n) is 14.3. The van der Waals surface area contributed by atoms with E-state index >= 15 is 0 Å². The van der Waals surface area contributed by atoms with Crippen LogP contribution < -0.4 is 11.1 Å². The molecule has 0 fully saturated rings. The highest BCUT2D eigenvalue weighted by molar-refractivity contribution is 6.37. The summed E-state index contributed by atoms with van der Waals surface area (Å²) in [6, 6.07) is 13.9. The molecule has 0 spiro atoms. The van der Waals surface area contributed by atoms with Crippen LogP contribution in [-0.4, -0.2) is 17.5 Å². The van der Waals surface area contributed by atoms with Gasteiger partial charge in [-0.15, -0.1) is 0 Å². The minimum atomic E-state index is -0.520. The van der Waals surface area contributed by atoms with Crippen LogP contribution in [0.4, 0.5) is 11.4 Å². The van der Waals surface area contributed by atoms with E-state index in [2.05, 4.69) is 5.32 Å². The van der Waals surface area contributed by atoms with Gasteiger partial charge in [-0.25, -0.2) is 0 Å². The lowest BCUT2D eigenvalue weighted by molar-refractivity contribution is 0.0979. The molecule has 5 nitrogen and oxygen atoms in total. The number of anilines is 2. The van der Waals surface area contributed by atoms with Crippen molar-refractivity contribution in [2.75, 3.05) is 11.1 Å². The quantitative estimate of drug-likeness (QED) is 0.472. The maximum atomic E-state index is 13.1. The van der Waals surface area contributed by atoms with Crippen molar-refractivity contribution in [2.45, 2.75) is 0 Å². The molecule has 3 aromatic rings. The highest BCUT2D eigenvalue weighted by Crippen LogP contribution is 2.34. The number of carbonyl (C=O) groups is 3. The van der Waals surface area contributed by atoms with Crippen molar-refractivity contribution in [2.24, 2.45) is 0 Å². The van der Waals surface area contributed by atoms with Crippen LogP contribution in [0.1, 0.15) is 42.2 Å². The van der Waals surface area contributed by atoms with Crippen molar-refractivity contribution >= 4 is 52.1 Å². The third-order valence-corrected chi connectivity index (χ3v) is 5.08. The van der Waals surface area contributed by atoms with Crippen LogP contribution in [0.3, 0.4) is 0 Å². The maximum Gasteiger partial charge on any atom is 0.257 e. The average molecular weight is 411 g/mol. The molecule has 1 aliphatic rings. The molecule has 3 N–H and O–H groups in total. The Labute approximate surface area is 170 Å². The standard InChI is InChI=1S/C21H12Cl2N2O3/c22-10-7-8-11(14(23)9-10)21(28)25-16-6-2-4-13-18(16)20(27)12-3-1-5-15(24)17(12)19(13)26/h1-9H,24H2,(H,25,28). The van der Waals surface area contributed by atoms with Gasteiger partial charge in [0.1, 0.15) is 0 Å². The number of nitrogen functional groups attached to an aromatic ring is 1. The van der Waals surface area contributed by atoms with E-state index in [-0.39, 0.29) is 55.8 Å². The van der Waals surface area contributed by atoms with Crippen molar-refractivity contribution < 1.29 is 14.4 Å². The lowest BCUT2D eigenvalue weighted by Gasteiger charge is -2.21. The summed E-state index contributed by atoms with van der Waals surface area (Å²) in [4.78, 5) is 38.6. The lowest BCUT2D eigenvalue weighted by Crippen LogP contribution is -2.25. The molecule has 0 aliphatic heterocycles. The van der Waals surface area contributed by atoms with Gasteiger partial charge in [0, 0.05) is 21.8 Å². The first-order valence-electron chi connectivity index (χ1n) is 8.26. The van der Waals surface area contributed by atoms with Gasteiger partial charge in [-0.3, -0.25) is 14.4 Å². The van der Waals surface area contributed by atoms with E-state index in [9.17, 15) is 14.4 Å². The maximum absolute atomic E-state index is 13.1. The first kappa shape index (κ1) is 18.2. The van der Waals surface area contributed by atoms with Gasteiger partial charge in [0.25, 0.3) is 5.91 Å². The Kier molecular flexibility index (Phi) is 4.41. The normalized spacial score (nSPS) is 12.4. The van der Waals surface area contributed by atoms with Crippen LogP contribution >= 0.6 is 23.2 Å². The second-order valence-corrected chi connectivity index (χ2v) is 7.08. The molecule has 0 bridgehead atoms. The summed E-state index contributed by atoms with van der Waals surface area (Å²) in [7, 11) is 0. The zero-order chi connectivity index (χ0) is 20.0. The average Bonchev–Trinajstić information content (AvgIpc) is 2.65. The smallest absolute Gasteiger partial charge is 0.257 e. The summed E-state index contributed by atoms with van der Waals surface area (Å²) >= 11 is 12.0. The van der Waals surface area contributed by atoms with Crippen molar-refractivity contribution in [1.29, 1.82) is 0 Å². The minimum Gasteiger partial charge on any atom is -0.398 e. The molecule has 0 aromatic heterocycles. The first-order valence-corrected chi connectivity index (χ1v) is 9.01. The van der Waals surface area contributed by atoms with Gasteiger partial charge in [0.15, 0.2) is 11.6 Å². The minimum absolute atomic E-state index is 0.129. The van der Waals surface area contributed by atoms with Gasteiger partial charge in [0.05, 0.1) is 27.4 Å². The summed E-state index contributed by atoms with van der Waals surface area (Å²) < 4.78 is 0. The van der Waals surface area contributed by atoms with Crippen LogP contribution in [0.2, 0.25) is 10.0 Å². The molecule has 0 unspecified atom stereocenters. The molecule has 4 rings (SSSR count). The number of hydrogen-bond acceptors (Lipinski definition) is 4. The third-order valence-electron chi connectivity index (χ3n) is 4.53. The van der Waals surface area contributed by atoms with Crippen LogP contribution in [0.15, 0.2) is 54.6 Å². The summed E-state index contributed by atoms with van der Waals surface area (Å²) in [5, 5.41) is 3.25. The summed E-state index contributed by atoms with van der Waals surface area (Å²) in [5.41, 5.74) is 7.28. The van der Waals surface area contributed by atoms with E-state index in [1.54, 1.807) is 30.3 Å². The van der Waals surface area contributed by atoms with Crippen molar-refractivity contribution in [3.05, 3.63) is 92.5 Å². The van der Waals surface area contributed by atoms with E-state index in [0.717, 1.165) is 0 Å². The Morgan fingerprint density at radius 1 is 0.857 bits per heavy atom. The lowest BCUT2D eigenvalue weighted by atomic mass is 9.82. The highest BCUT2D eigenvalue weighted by atomic mass is 35.5. The monoisotopic (exact) mass is 410 g/mol. The van der Waals surface area contributed by atoms with E-state index in [4.69, 9.17) is 28.9 Å². The molecular formula is C21H12Cl2N2O3. The summed E-state index contributed by atoms with van der Waals surface area (Å²) in [6.45, 7) is 0. The predicted molar refractivity (Wildman–Crippen MR) is 109 cm³/mol. The number of rotatable bonds is 2. The van der Waals surface area contributed by atoms with E-state index in [1.165, 1.54) is 24.3 Å². The van der Waals surface area contributed by atoms with E-state index in [1.807, 2.05) is 0 Å². The number of amides is 1. The molecule has 0 atom stereocenters. The van der Waals surface area contributed by atoms with Crippen molar-refractivity contribution in [3.8, 4) is 0 Å². The number of fused-ring (bicyclic) bond motifs is 2. The Balaban J connectivity index is 1.79. The fraction of sp³-hybridized carbons (Fsp3) is 0. The van der Waals surface area contributed by atoms with Crippen LogP contribution in [0.5, 0.6) is 0 Å². The predicted octanol–water partition coefficient (Wildman–Crippen LogP) is 4.60. The Hall–Kier alpha value is -3.15. The first-order chi connectivity index (χ1) is 13.4. The van der Waals surface area contributed by atoms with Gasteiger partial charge in [-0.1, -0.05) is 47.5 Å². The van der Waals surface area contributed by atoms with Crippen LogP contribution in [0.25, 0.3) is 0 Å². The highest BCUT2D eigenvalue weighted by Gasteiger charge is 2.33. The van der Waals surface area contributed by atoms with Gasteiger partial charge in [-0.05, 0) is 30.3 Å². The molecule has 0 saturated heterocycles. The van der Waals surface area contributed by atoms with Gasteiger partial charge >= 0.3 is 0 Å². The molecule has 7 heteroatoms. The number of halogens is 2. The fourth-order valence-corrected chi connectivity index (χ4v) is 3.73. The third kappa shape index (κ3) is 2.85. The molecule has 1 aliphatic carbocycles. The van der Waals surface area contributed by atoms with E-state index < -0.39 is 5.91 Å². The molecule has 0 heterocycles. The zero-order valence-corrected chi connectivity index (χ0v) is 15.8. The molecular weight excluding hydrogens is 399 g/mol. The molecule has 0 radical (unpaired) electrons. The Morgan fingerprint density at radius 3 is 2.21 bits per heavy atom. The second-order valence-electron chi connectivity index (χ2n) is 6.23.